The third-order valence-electron chi connectivity index (χ3n) is 6.95. The summed E-state index contributed by atoms with van der Waals surface area (Å²) in [5.41, 5.74) is 4.18. The minimum absolute atomic E-state index is 0.00581. The molecule has 1 amide bonds. The van der Waals surface area contributed by atoms with Crippen LogP contribution in [0.2, 0.25) is 0 Å². The minimum atomic E-state index is -4.64. The van der Waals surface area contributed by atoms with Gasteiger partial charge in [-0.05, 0) is 31.2 Å². The number of hydrogen-bond acceptors (Lipinski definition) is 8. The van der Waals surface area contributed by atoms with Gasteiger partial charge >= 0.3 is 6.18 Å². The number of carbonyl (C=O) groups is 1. The first-order chi connectivity index (χ1) is 18.4. The van der Waals surface area contributed by atoms with Crippen LogP contribution in [0.5, 0.6) is 5.75 Å². The lowest BCUT2D eigenvalue weighted by Gasteiger charge is -2.37. The van der Waals surface area contributed by atoms with E-state index in [1.807, 2.05) is 0 Å². The van der Waals surface area contributed by atoms with Crippen molar-refractivity contribution in [2.75, 3.05) is 20.2 Å². The van der Waals surface area contributed by atoms with Gasteiger partial charge in [-0.1, -0.05) is 0 Å². The summed E-state index contributed by atoms with van der Waals surface area (Å²) in [7, 11) is 3.13. The highest BCUT2D eigenvalue weighted by atomic mass is 19.4. The van der Waals surface area contributed by atoms with Gasteiger partial charge in [-0.2, -0.15) is 13.2 Å². The van der Waals surface area contributed by atoms with Gasteiger partial charge in [0.2, 0.25) is 5.89 Å². The number of oxazole rings is 1. The number of methoxy groups -OCH3 is 1. The van der Waals surface area contributed by atoms with Crippen LogP contribution < -0.4 is 10.5 Å². The summed E-state index contributed by atoms with van der Waals surface area (Å²) in [6.07, 6.45) is -0.731. The molecule has 13 heteroatoms. The van der Waals surface area contributed by atoms with E-state index < -0.39 is 29.4 Å². The molecule has 1 aromatic carbocycles. The number of fused-ring (bicyclic) bond motifs is 1. The molecular weight excluding hydrogens is 517 g/mol. The summed E-state index contributed by atoms with van der Waals surface area (Å²) in [6.45, 7) is 2.14. The topological polar surface area (TPSA) is 133 Å². The van der Waals surface area contributed by atoms with Gasteiger partial charge in [0.25, 0.3) is 5.91 Å². The molecule has 1 aliphatic heterocycles. The number of halogens is 3. The lowest BCUT2D eigenvalue weighted by Crippen LogP contribution is -2.46. The first-order valence-corrected chi connectivity index (χ1v) is 12.2. The number of nitrogens with two attached hydrogens (primary N) is 1. The largest absolute Gasteiger partial charge is 0.494 e. The van der Waals surface area contributed by atoms with Crippen LogP contribution in [-0.2, 0) is 18.8 Å². The molecule has 0 spiro atoms. The molecule has 1 atom stereocenters. The predicted molar refractivity (Wildman–Crippen MR) is 134 cm³/mol. The number of nitrogens with zero attached hydrogens (tertiary/aromatic N) is 5. The van der Waals surface area contributed by atoms with Crippen LogP contribution in [0.15, 0.2) is 41.1 Å². The molecule has 0 unspecified atom stereocenters. The van der Waals surface area contributed by atoms with Gasteiger partial charge < -0.3 is 29.5 Å². The van der Waals surface area contributed by atoms with E-state index in [2.05, 4.69) is 15.0 Å². The molecule has 0 radical (unpaired) electrons. The van der Waals surface area contributed by atoms with Crippen LogP contribution in [0.3, 0.4) is 0 Å². The predicted octanol–water partition coefficient (Wildman–Crippen LogP) is 3.79. The van der Waals surface area contributed by atoms with Crippen LogP contribution in [-0.4, -0.2) is 55.6 Å². The number of benzene rings is 1. The lowest BCUT2D eigenvalue weighted by atomic mass is 9.90. The van der Waals surface area contributed by atoms with Crippen LogP contribution in [0.25, 0.3) is 22.4 Å². The van der Waals surface area contributed by atoms with E-state index in [-0.39, 0.29) is 54.5 Å². The quantitative estimate of drug-likeness (QED) is 0.388. The first kappa shape index (κ1) is 26.6. The molecule has 3 aromatic heterocycles. The second-order valence-corrected chi connectivity index (χ2v) is 9.61. The molecule has 1 aliphatic rings. The van der Waals surface area contributed by atoms with Gasteiger partial charge in [-0.25, -0.2) is 15.0 Å². The molecule has 10 nitrogen and oxygen atoms in total. The first-order valence-electron chi connectivity index (χ1n) is 12.2. The van der Waals surface area contributed by atoms with Crippen LogP contribution in [0.4, 0.5) is 13.2 Å². The Kier molecular flexibility index (Phi) is 6.59. The maximum absolute atomic E-state index is 13.5. The average Bonchev–Trinajstić information content (AvgIpc) is 3.54. The van der Waals surface area contributed by atoms with Crippen LogP contribution in [0.1, 0.15) is 53.6 Å². The van der Waals surface area contributed by atoms with E-state index in [0.717, 1.165) is 6.07 Å². The summed E-state index contributed by atoms with van der Waals surface area (Å²) in [4.78, 5) is 27.6. The number of likely N-dealkylation sites (tertiary alicyclic amines) is 1. The molecule has 5 rings (SSSR count). The SMILES string of the molecule is COc1ccc(-c2nc(C(=O)N3CCC(O)(c4nccn4C)CC3)c([C@H](C)N)o2)c2ccc(C(F)(F)F)nc12. The van der Waals surface area contributed by atoms with Crippen molar-refractivity contribution in [2.24, 2.45) is 12.8 Å². The zero-order valence-electron chi connectivity index (χ0n) is 21.5. The van der Waals surface area contributed by atoms with Gasteiger partial charge in [0.05, 0.1) is 13.2 Å². The van der Waals surface area contributed by atoms with Crippen molar-refractivity contribution in [1.29, 1.82) is 0 Å². The maximum Gasteiger partial charge on any atom is 0.433 e. The number of amides is 1. The Labute approximate surface area is 221 Å². The second kappa shape index (κ2) is 9.65. The number of piperidine rings is 1. The molecule has 0 aliphatic carbocycles. The summed E-state index contributed by atoms with van der Waals surface area (Å²) in [5.74, 6) is 0.409. The Balaban J connectivity index is 1.49. The molecule has 206 valence electrons. The van der Waals surface area contributed by atoms with Crippen molar-refractivity contribution in [3.05, 3.63) is 59.6 Å². The van der Waals surface area contributed by atoms with Gasteiger partial charge in [-0.15, -0.1) is 0 Å². The van der Waals surface area contributed by atoms with Crippen molar-refractivity contribution in [3.63, 3.8) is 0 Å². The molecule has 0 bridgehead atoms. The molecule has 1 saturated heterocycles. The fourth-order valence-electron chi connectivity index (χ4n) is 4.88. The van der Waals surface area contributed by atoms with Crippen LogP contribution in [0, 0.1) is 0 Å². The molecule has 0 saturated carbocycles. The fraction of sp³-hybridized carbons (Fsp3) is 0.385. The number of imidazole rings is 1. The number of ether oxygens (including phenoxy) is 1. The Bertz CT molecular complexity index is 1540. The number of hydrogen-bond donors (Lipinski definition) is 2. The summed E-state index contributed by atoms with van der Waals surface area (Å²) in [5, 5.41) is 11.4. The number of rotatable bonds is 5. The lowest BCUT2D eigenvalue weighted by molar-refractivity contribution is -0.140. The van der Waals surface area contributed by atoms with E-state index in [4.69, 9.17) is 14.9 Å². The number of carbonyl (C=O) groups excluding carboxylic acids is 1. The van der Waals surface area contributed by atoms with Crippen LogP contribution >= 0.6 is 0 Å². The van der Waals surface area contributed by atoms with Gasteiger partial charge in [-0.3, -0.25) is 4.79 Å². The smallest absolute Gasteiger partial charge is 0.433 e. The zero-order valence-corrected chi connectivity index (χ0v) is 21.5. The number of aromatic nitrogens is 4. The normalized spacial score (nSPS) is 16.5. The highest BCUT2D eigenvalue weighted by Gasteiger charge is 2.40. The Morgan fingerprint density at radius 2 is 1.92 bits per heavy atom. The van der Waals surface area contributed by atoms with Gasteiger partial charge in [0, 0.05) is 56.3 Å². The summed E-state index contributed by atoms with van der Waals surface area (Å²) >= 11 is 0. The van der Waals surface area contributed by atoms with E-state index in [1.165, 1.54) is 19.2 Å². The van der Waals surface area contributed by atoms with Crippen molar-refractivity contribution < 1.29 is 32.2 Å². The number of aryl methyl sites for hydroxylation is 1. The van der Waals surface area contributed by atoms with Crippen molar-refractivity contribution in [1.82, 2.24) is 24.4 Å². The molecule has 4 aromatic rings. The standard InChI is InChI=1S/C26H27F3N6O4/c1-14(30)21-20(23(36)35-11-8-25(37,9-12-35)24-31-10-13-34(24)2)33-22(39-21)16-4-6-17(38-3)19-15(16)5-7-18(32-19)26(27,28)29/h4-7,10,13-14,37H,8-9,11-12,30H2,1-3H3/t14-/m0/s1. The molecule has 4 heterocycles. The minimum Gasteiger partial charge on any atom is -0.494 e. The maximum atomic E-state index is 13.5. The van der Waals surface area contributed by atoms with Crippen molar-refractivity contribution in [2.45, 2.75) is 37.6 Å². The third-order valence-corrected chi connectivity index (χ3v) is 6.95. The number of alkyl halides is 3. The molecule has 3 N–H and O–H groups in total. The monoisotopic (exact) mass is 544 g/mol. The van der Waals surface area contributed by atoms with Crippen molar-refractivity contribution in [3.8, 4) is 17.2 Å². The molecule has 1 fully saturated rings. The summed E-state index contributed by atoms with van der Waals surface area (Å²) in [6, 6.07) is 4.48. The highest BCUT2D eigenvalue weighted by Crippen LogP contribution is 2.38. The Morgan fingerprint density at radius 3 is 2.51 bits per heavy atom. The second-order valence-electron chi connectivity index (χ2n) is 9.61. The Hall–Kier alpha value is -3.97. The zero-order chi connectivity index (χ0) is 28.1. The summed E-state index contributed by atoms with van der Waals surface area (Å²) < 4.78 is 52.9. The fourth-order valence-corrected chi connectivity index (χ4v) is 4.88. The highest BCUT2D eigenvalue weighted by molar-refractivity contribution is 5.98. The molecule has 39 heavy (non-hydrogen) atoms. The van der Waals surface area contributed by atoms with Gasteiger partial charge in [0.1, 0.15) is 28.4 Å². The Morgan fingerprint density at radius 1 is 1.21 bits per heavy atom. The molecular formula is C26H27F3N6O4. The van der Waals surface area contributed by atoms with E-state index in [0.29, 0.717) is 16.8 Å². The number of pyridine rings is 1. The third kappa shape index (κ3) is 4.72. The van der Waals surface area contributed by atoms with E-state index in [9.17, 15) is 23.1 Å². The van der Waals surface area contributed by atoms with Crippen molar-refractivity contribution >= 4 is 16.8 Å². The van der Waals surface area contributed by atoms with Gasteiger partial charge in [0.15, 0.2) is 11.5 Å². The number of aliphatic hydroxyl groups is 1. The van der Waals surface area contributed by atoms with E-state index >= 15 is 0 Å². The van der Waals surface area contributed by atoms with E-state index in [1.54, 1.807) is 41.9 Å². The average molecular weight is 545 g/mol.